The van der Waals surface area contributed by atoms with Crippen LogP contribution in [0.5, 0.6) is 0 Å². The van der Waals surface area contributed by atoms with Gasteiger partial charge in [-0.1, -0.05) is 26.6 Å². The molecule has 0 aliphatic rings. The van der Waals surface area contributed by atoms with Crippen LogP contribution < -0.4 is 0 Å². The van der Waals surface area contributed by atoms with Gasteiger partial charge in [0.15, 0.2) is 0 Å². The Morgan fingerprint density at radius 3 is 2.40 bits per heavy atom. The van der Waals surface area contributed by atoms with E-state index in [1.54, 1.807) is 11.8 Å². The second-order valence-electron chi connectivity index (χ2n) is 3.46. The zero-order valence-electron chi connectivity index (χ0n) is 7.35. The van der Waals surface area contributed by atoms with Crippen molar-refractivity contribution in [2.45, 2.75) is 26.6 Å². The van der Waals surface area contributed by atoms with Gasteiger partial charge in [-0.15, -0.1) is 11.8 Å². The van der Waals surface area contributed by atoms with E-state index in [-0.39, 0.29) is 0 Å². The molecule has 60 valence electrons. The summed E-state index contributed by atoms with van der Waals surface area (Å²) < 4.78 is 0. The lowest BCUT2D eigenvalue weighted by Gasteiger charge is -2.10. The van der Waals surface area contributed by atoms with Gasteiger partial charge >= 0.3 is 0 Å². The molecule has 0 saturated heterocycles. The Morgan fingerprint density at radius 1 is 1.40 bits per heavy atom. The third-order valence-electron chi connectivity index (χ3n) is 0.881. The summed E-state index contributed by atoms with van der Waals surface area (Å²) in [5.41, 5.74) is 1.98. The van der Waals surface area contributed by atoms with Gasteiger partial charge < -0.3 is 0 Å². The molecule has 0 N–H and O–H groups in total. The smallest absolute Gasteiger partial charge is 0.0692 e. The Balaban J connectivity index is 3.34. The fourth-order valence-electron chi connectivity index (χ4n) is 0.438. The molecular weight excluding hydrogens is 158 g/mol. The highest BCUT2D eigenvalue weighted by Gasteiger charge is 2.10. The van der Waals surface area contributed by atoms with E-state index >= 15 is 0 Å². The lowest BCUT2D eigenvalue weighted by Crippen LogP contribution is -2.24. The summed E-state index contributed by atoms with van der Waals surface area (Å²) in [7, 11) is -0.918. The standard InChI is InChI=1S/C7H17NSSi/c1-5-9-6-8-7-10(2,3)4/h6H,5,7H2,1-4H3/b8-6-. The minimum absolute atomic E-state index is 0.918. The van der Waals surface area contributed by atoms with Crippen LogP contribution in [-0.2, 0) is 0 Å². The van der Waals surface area contributed by atoms with Gasteiger partial charge in [0.25, 0.3) is 0 Å². The molecule has 10 heavy (non-hydrogen) atoms. The third-order valence-corrected chi connectivity index (χ3v) is 2.64. The summed E-state index contributed by atoms with van der Waals surface area (Å²) in [5, 5.41) is 0. The first kappa shape index (κ1) is 10.2. The van der Waals surface area contributed by atoms with Crippen LogP contribution in [0.4, 0.5) is 0 Å². The quantitative estimate of drug-likeness (QED) is 0.363. The molecule has 0 heterocycles. The van der Waals surface area contributed by atoms with Crippen molar-refractivity contribution in [2.75, 3.05) is 11.9 Å². The van der Waals surface area contributed by atoms with Crippen molar-refractivity contribution in [1.82, 2.24) is 0 Å². The Bertz CT molecular complexity index is 107. The summed E-state index contributed by atoms with van der Waals surface area (Å²) in [6.07, 6.45) is 1.07. The Kier molecular flexibility index (Phi) is 5.08. The highest BCUT2D eigenvalue weighted by Crippen LogP contribution is 2.01. The van der Waals surface area contributed by atoms with Crippen LogP contribution in [0.3, 0.4) is 0 Å². The van der Waals surface area contributed by atoms with E-state index in [9.17, 15) is 0 Å². The lowest BCUT2D eigenvalue weighted by molar-refractivity contribution is 1.30. The fraction of sp³-hybridized carbons (Fsp3) is 0.857. The number of thioether (sulfide) groups is 1. The van der Waals surface area contributed by atoms with Gasteiger partial charge in [0.1, 0.15) is 0 Å². The van der Waals surface area contributed by atoms with Crippen LogP contribution in [0.1, 0.15) is 6.92 Å². The first-order chi connectivity index (χ1) is 4.56. The van der Waals surface area contributed by atoms with Crippen molar-refractivity contribution in [3.05, 3.63) is 0 Å². The minimum atomic E-state index is -0.918. The Labute approximate surface area is 69.3 Å². The third kappa shape index (κ3) is 8.24. The van der Waals surface area contributed by atoms with E-state index < -0.39 is 8.07 Å². The molecule has 0 bridgehead atoms. The van der Waals surface area contributed by atoms with Gasteiger partial charge in [0.2, 0.25) is 0 Å². The average molecular weight is 175 g/mol. The molecule has 1 nitrogen and oxygen atoms in total. The van der Waals surface area contributed by atoms with E-state index in [1.165, 1.54) is 0 Å². The molecule has 0 rings (SSSR count). The van der Waals surface area contributed by atoms with Gasteiger partial charge in [0, 0.05) is 6.17 Å². The fourth-order valence-corrected chi connectivity index (χ4v) is 1.54. The van der Waals surface area contributed by atoms with Crippen molar-refractivity contribution in [1.29, 1.82) is 0 Å². The zero-order valence-corrected chi connectivity index (χ0v) is 9.16. The van der Waals surface area contributed by atoms with Gasteiger partial charge in [-0.2, -0.15) is 0 Å². The summed E-state index contributed by atoms with van der Waals surface area (Å²) in [6.45, 7) is 9.15. The maximum Gasteiger partial charge on any atom is 0.0692 e. The summed E-state index contributed by atoms with van der Waals surface area (Å²) in [4.78, 5) is 4.33. The second kappa shape index (κ2) is 4.96. The van der Waals surface area contributed by atoms with Crippen LogP contribution in [0.2, 0.25) is 19.6 Å². The summed E-state index contributed by atoms with van der Waals surface area (Å²) in [5.74, 6) is 1.13. The molecule has 0 aliphatic carbocycles. The number of nitrogens with zero attached hydrogens (tertiary/aromatic N) is 1. The van der Waals surface area contributed by atoms with Crippen LogP contribution >= 0.6 is 11.8 Å². The monoisotopic (exact) mass is 175 g/mol. The van der Waals surface area contributed by atoms with Crippen LogP contribution in [0.25, 0.3) is 0 Å². The molecule has 0 aromatic carbocycles. The molecule has 0 amide bonds. The molecule has 0 radical (unpaired) electrons. The van der Waals surface area contributed by atoms with Gasteiger partial charge in [0.05, 0.1) is 13.6 Å². The highest BCUT2D eigenvalue weighted by molar-refractivity contribution is 8.12. The van der Waals surface area contributed by atoms with Crippen LogP contribution in [-0.4, -0.2) is 25.5 Å². The molecule has 0 atom stereocenters. The van der Waals surface area contributed by atoms with Gasteiger partial charge in [-0.3, -0.25) is 4.99 Å². The SMILES string of the molecule is CCS/C=N\C[Si](C)(C)C. The normalized spacial score (nSPS) is 12.8. The molecule has 0 fully saturated rings. The van der Waals surface area contributed by atoms with E-state index in [2.05, 4.69) is 31.6 Å². The predicted molar refractivity (Wildman–Crippen MR) is 54.8 cm³/mol. The van der Waals surface area contributed by atoms with E-state index in [0.29, 0.717) is 0 Å². The maximum atomic E-state index is 4.33. The number of hydrogen-bond donors (Lipinski definition) is 0. The molecule has 0 unspecified atom stereocenters. The summed E-state index contributed by atoms with van der Waals surface area (Å²) in [6, 6.07) is 0. The predicted octanol–water partition coefficient (Wildman–Crippen LogP) is 2.65. The Morgan fingerprint density at radius 2 is 2.00 bits per heavy atom. The van der Waals surface area contributed by atoms with Crippen molar-refractivity contribution >= 4 is 25.4 Å². The van der Waals surface area contributed by atoms with E-state index in [1.807, 2.05) is 5.55 Å². The van der Waals surface area contributed by atoms with Gasteiger partial charge in [-0.25, -0.2) is 0 Å². The average Bonchev–Trinajstić information content (AvgIpc) is 1.78. The topological polar surface area (TPSA) is 12.4 Å². The first-order valence-corrected chi connectivity index (χ1v) is 8.42. The molecule has 0 aromatic heterocycles. The number of rotatable bonds is 4. The largest absolute Gasteiger partial charge is 0.290 e. The lowest BCUT2D eigenvalue weighted by atomic mass is 11.0. The van der Waals surface area contributed by atoms with Crippen molar-refractivity contribution < 1.29 is 0 Å². The Hall–Kier alpha value is 0.237. The van der Waals surface area contributed by atoms with Crippen molar-refractivity contribution in [3.8, 4) is 0 Å². The van der Waals surface area contributed by atoms with Gasteiger partial charge in [-0.05, 0) is 5.75 Å². The molecular formula is C7H17NSSi. The zero-order chi connectivity index (χ0) is 8.04. The van der Waals surface area contributed by atoms with E-state index in [0.717, 1.165) is 11.9 Å². The first-order valence-electron chi connectivity index (χ1n) is 3.66. The minimum Gasteiger partial charge on any atom is -0.290 e. The molecule has 0 saturated carbocycles. The number of aliphatic imine (C=N–C) groups is 1. The summed E-state index contributed by atoms with van der Waals surface area (Å²) >= 11 is 1.78. The van der Waals surface area contributed by atoms with Crippen molar-refractivity contribution in [2.24, 2.45) is 4.99 Å². The van der Waals surface area contributed by atoms with E-state index in [4.69, 9.17) is 0 Å². The van der Waals surface area contributed by atoms with Crippen molar-refractivity contribution in [3.63, 3.8) is 0 Å². The number of hydrogen-bond acceptors (Lipinski definition) is 2. The molecule has 0 aromatic rings. The molecule has 0 aliphatic heterocycles. The van der Waals surface area contributed by atoms with Crippen LogP contribution in [0, 0.1) is 0 Å². The molecule has 0 spiro atoms. The maximum absolute atomic E-state index is 4.33. The highest BCUT2D eigenvalue weighted by atomic mass is 32.2. The van der Waals surface area contributed by atoms with Crippen LogP contribution in [0.15, 0.2) is 4.99 Å². The second-order valence-corrected chi connectivity index (χ2v) is 10.0. The molecule has 3 heteroatoms.